The Kier molecular flexibility index (Phi) is 4.20. The van der Waals surface area contributed by atoms with Crippen LogP contribution in [-0.2, 0) is 0 Å². The lowest BCUT2D eigenvalue weighted by Gasteiger charge is -2.36. The van der Waals surface area contributed by atoms with Gasteiger partial charge in [-0.3, -0.25) is 0 Å². The minimum absolute atomic E-state index is 0.663. The smallest absolute Gasteiger partial charge is 0.0169 e. The summed E-state index contributed by atoms with van der Waals surface area (Å²) in [6.45, 7) is 12.9. The Labute approximate surface area is 82.7 Å². The van der Waals surface area contributed by atoms with E-state index < -0.39 is 0 Å². The van der Waals surface area contributed by atoms with Gasteiger partial charge < -0.3 is 10.2 Å². The van der Waals surface area contributed by atoms with Crippen molar-refractivity contribution < 1.29 is 0 Å². The van der Waals surface area contributed by atoms with Crippen molar-refractivity contribution >= 4 is 0 Å². The molecule has 78 valence electrons. The highest BCUT2D eigenvalue weighted by atomic mass is 15.2. The van der Waals surface area contributed by atoms with Gasteiger partial charge in [0.1, 0.15) is 0 Å². The molecule has 0 saturated carbocycles. The van der Waals surface area contributed by atoms with E-state index in [0.29, 0.717) is 12.1 Å². The molecule has 0 unspecified atom stereocenters. The first kappa shape index (κ1) is 11.0. The zero-order valence-corrected chi connectivity index (χ0v) is 9.51. The highest BCUT2D eigenvalue weighted by Crippen LogP contribution is 2.07. The van der Waals surface area contributed by atoms with Crippen molar-refractivity contribution in [2.75, 3.05) is 19.6 Å². The predicted molar refractivity (Wildman–Crippen MR) is 58.0 cm³/mol. The Balaban J connectivity index is 2.25. The third-order valence-electron chi connectivity index (χ3n) is 2.66. The second kappa shape index (κ2) is 4.97. The summed E-state index contributed by atoms with van der Waals surface area (Å²) in [6.07, 6.45) is 1.33. The second-order valence-electron chi connectivity index (χ2n) is 4.91. The number of hydrogen-bond donors (Lipinski definition) is 1. The van der Waals surface area contributed by atoms with E-state index >= 15 is 0 Å². The van der Waals surface area contributed by atoms with Crippen LogP contribution in [0.1, 0.15) is 34.1 Å². The first-order valence-corrected chi connectivity index (χ1v) is 5.56. The maximum absolute atomic E-state index is 3.56. The lowest BCUT2D eigenvalue weighted by molar-refractivity contribution is 0.166. The standard InChI is InChI=1S/C11H24N2/c1-9(2)5-6-13-7-10(3)12-11(4)8-13/h9-12H,5-8H2,1-4H3/t10-,11+. The van der Waals surface area contributed by atoms with Gasteiger partial charge in [0.2, 0.25) is 0 Å². The number of piperazine rings is 1. The fourth-order valence-corrected chi connectivity index (χ4v) is 2.06. The predicted octanol–water partition coefficient (Wildman–Crippen LogP) is 1.71. The maximum Gasteiger partial charge on any atom is 0.0169 e. The van der Waals surface area contributed by atoms with Gasteiger partial charge in [0.15, 0.2) is 0 Å². The minimum atomic E-state index is 0.663. The van der Waals surface area contributed by atoms with Gasteiger partial charge in [-0.25, -0.2) is 0 Å². The van der Waals surface area contributed by atoms with Crippen molar-refractivity contribution in [2.24, 2.45) is 5.92 Å². The molecule has 1 fully saturated rings. The molecule has 0 aromatic rings. The molecule has 0 aromatic heterocycles. The largest absolute Gasteiger partial charge is 0.309 e. The lowest BCUT2D eigenvalue weighted by Crippen LogP contribution is -2.54. The molecular formula is C11H24N2. The SMILES string of the molecule is CC(C)CCN1C[C@@H](C)N[C@@H](C)C1. The molecular weight excluding hydrogens is 160 g/mol. The van der Waals surface area contributed by atoms with Crippen LogP contribution >= 0.6 is 0 Å². The van der Waals surface area contributed by atoms with Crippen molar-refractivity contribution in [3.63, 3.8) is 0 Å². The van der Waals surface area contributed by atoms with E-state index in [0.717, 1.165) is 5.92 Å². The van der Waals surface area contributed by atoms with Gasteiger partial charge >= 0.3 is 0 Å². The summed E-state index contributed by atoms with van der Waals surface area (Å²) < 4.78 is 0. The van der Waals surface area contributed by atoms with Gasteiger partial charge in [0, 0.05) is 25.2 Å². The Morgan fingerprint density at radius 3 is 2.23 bits per heavy atom. The van der Waals surface area contributed by atoms with E-state index in [2.05, 4.69) is 37.9 Å². The van der Waals surface area contributed by atoms with E-state index in [-0.39, 0.29) is 0 Å². The Morgan fingerprint density at radius 2 is 1.77 bits per heavy atom. The molecule has 0 aliphatic carbocycles. The van der Waals surface area contributed by atoms with Gasteiger partial charge in [-0.2, -0.15) is 0 Å². The van der Waals surface area contributed by atoms with E-state index in [1.54, 1.807) is 0 Å². The topological polar surface area (TPSA) is 15.3 Å². The van der Waals surface area contributed by atoms with Crippen LogP contribution in [0.4, 0.5) is 0 Å². The number of rotatable bonds is 3. The van der Waals surface area contributed by atoms with Gasteiger partial charge in [-0.1, -0.05) is 13.8 Å². The molecule has 0 radical (unpaired) electrons. The molecule has 2 nitrogen and oxygen atoms in total. The summed E-state index contributed by atoms with van der Waals surface area (Å²) in [4.78, 5) is 2.59. The van der Waals surface area contributed by atoms with E-state index in [4.69, 9.17) is 0 Å². The van der Waals surface area contributed by atoms with Crippen LogP contribution in [-0.4, -0.2) is 36.6 Å². The average molecular weight is 184 g/mol. The fourth-order valence-electron chi connectivity index (χ4n) is 2.06. The first-order valence-electron chi connectivity index (χ1n) is 5.56. The monoisotopic (exact) mass is 184 g/mol. The van der Waals surface area contributed by atoms with Gasteiger partial charge in [0.25, 0.3) is 0 Å². The molecule has 13 heavy (non-hydrogen) atoms. The van der Waals surface area contributed by atoms with Crippen molar-refractivity contribution in [1.29, 1.82) is 0 Å². The van der Waals surface area contributed by atoms with Crippen LogP contribution in [0.2, 0.25) is 0 Å². The molecule has 0 spiro atoms. The number of nitrogens with zero attached hydrogens (tertiary/aromatic N) is 1. The zero-order valence-electron chi connectivity index (χ0n) is 9.51. The maximum atomic E-state index is 3.56. The summed E-state index contributed by atoms with van der Waals surface area (Å²) in [5, 5.41) is 3.56. The number of hydrogen-bond acceptors (Lipinski definition) is 2. The van der Waals surface area contributed by atoms with Crippen LogP contribution in [0.25, 0.3) is 0 Å². The third-order valence-corrected chi connectivity index (χ3v) is 2.66. The summed E-state index contributed by atoms with van der Waals surface area (Å²) in [6, 6.07) is 1.33. The molecule has 1 heterocycles. The lowest BCUT2D eigenvalue weighted by atomic mass is 10.1. The highest BCUT2D eigenvalue weighted by Gasteiger charge is 2.20. The molecule has 2 heteroatoms. The molecule has 1 N–H and O–H groups in total. The van der Waals surface area contributed by atoms with E-state index in [9.17, 15) is 0 Å². The van der Waals surface area contributed by atoms with Crippen molar-refractivity contribution in [3.8, 4) is 0 Å². The van der Waals surface area contributed by atoms with Crippen LogP contribution in [0, 0.1) is 5.92 Å². The van der Waals surface area contributed by atoms with E-state index in [1.165, 1.54) is 26.1 Å². The third kappa shape index (κ3) is 4.10. The first-order chi connectivity index (χ1) is 6.08. The summed E-state index contributed by atoms with van der Waals surface area (Å²) in [5.41, 5.74) is 0. The highest BCUT2D eigenvalue weighted by molar-refractivity contribution is 4.80. The Bertz CT molecular complexity index is 135. The van der Waals surface area contributed by atoms with Crippen molar-refractivity contribution in [3.05, 3.63) is 0 Å². The van der Waals surface area contributed by atoms with Crippen molar-refractivity contribution in [1.82, 2.24) is 10.2 Å². The fraction of sp³-hybridized carbons (Fsp3) is 1.00. The molecule has 1 rings (SSSR count). The molecule has 1 aliphatic rings. The average Bonchev–Trinajstić information content (AvgIpc) is 1.99. The second-order valence-corrected chi connectivity index (χ2v) is 4.91. The van der Waals surface area contributed by atoms with Gasteiger partial charge in [-0.05, 0) is 32.7 Å². The summed E-state index contributed by atoms with van der Waals surface area (Å²) in [7, 11) is 0. The molecule has 1 aliphatic heterocycles. The molecule has 0 bridgehead atoms. The van der Waals surface area contributed by atoms with Crippen LogP contribution in [0.3, 0.4) is 0 Å². The molecule has 0 amide bonds. The quantitative estimate of drug-likeness (QED) is 0.718. The zero-order chi connectivity index (χ0) is 9.84. The number of nitrogens with one attached hydrogen (secondary N) is 1. The molecule has 0 aromatic carbocycles. The van der Waals surface area contributed by atoms with Crippen molar-refractivity contribution in [2.45, 2.75) is 46.2 Å². The minimum Gasteiger partial charge on any atom is -0.309 e. The van der Waals surface area contributed by atoms with Gasteiger partial charge in [-0.15, -0.1) is 0 Å². The van der Waals surface area contributed by atoms with Crippen LogP contribution in [0.15, 0.2) is 0 Å². The van der Waals surface area contributed by atoms with E-state index in [1.807, 2.05) is 0 Å². The molecule has 2 atom stereocenters. The van der Waals surface area contributed by atoms with Crippen LogP contribution in [0.5, 0.6) is 0 Å². The molecule has 1 saturated heterocycles. The van der Waals surface area contributed by atoms with Crippen LogP contribution < -0.4 is 5.32 Å². The Morgan fingerprint density at radius 1 is 1.23 bits per heavy atom. The summed E-state index contributed by atoms with van der Waals surface area (Å²) >= 11 is 0. The summed E-state index contributed by atoms with van der Waals surface area (Å²) in [5.74, 6) is 0.834. The Hall–Kier alpha value is -0.0800. The normalized spacial score (nSPS) is 31.2. The van der Waals surface area contributed by atoms with Gasteiger partial charge in [0.05, 0.1) is 0 Å².